The second-order valence-corrected chi connectivity index (χ2v) is 2.57. The average Bonchev–Trinajstić information content (AvgIpc) is 2.26. The maximum Gasteiger partial charge on any atom is 0.304 e. The van der Waals surface area contributed by atoms with Gasteiger partial charge in [-0.05, 0) is 6.07 Å². The van der Waals surface area contributed by atoms with E-state index in [-0.39, 0.29) is 22.9 Å². The van der Waals surface area contributed by atoms with Crippen LogP contribution in [0, 0.1) is 16.7 Å². The number of nitrogens with zero attached hydrogens (tertiary/aromatic N) is 2. The van der Waals surface area contributed by atoms with Crippen molar-refractivity contribution in [1.29, 1.82) is 0 Å². The van der Waals surface area contributed by atoms with Crippen LogP contribution in [0.1, 0.15) is 0 Å². The average molecular weight is 208 g/mol. The monoisotopic (exact) mass is 208 g/mol. The van der Waals surface area contributed by atoms with Crippen molar-refractivity contribution in [2.45, 2.75) is 0 Å². The Kier molecular flexibility index (Phi) is 3.08. The molecule has 0 aliphatic rings. The molecule has 0 aliphatic heterocycles. The van der Waals surface area contributed by atoms with E-state index >= 15 is 0 Å². The number of ether oxygens (including phenoxy) is 2. The van der Waals surface area contributed by atoms with E-state index in [9.17, 15) is 10.1 Å². The molecule has 78 valence electrons. The van der Waals surface area contributed by atoms with Crippen molar-refractivity contribution >= 4 is 11.4 Å². The molecule has 6 nitrogen and oxygen atoms in total. The van der Waals surface area contributed by atoms with Gasteiger partial charge in [0, 0.05) is 6.07 Å². The molecule has 1 aromatic carbocycles. The Morgan fingerprint density at radius 3 is 2.47 bits per heavy atom. The fraction of sp³-hybridized carbons (Fsp3) is 0.222. The lowest BCUT2D eigenvalue weighted by Crippen LogP contribution is -1.96. The highest BCUT2D eigenvalue weighted by molar-refractivity contribution is 5.66. The van der Waals surface area contributed by atoms with E-state index in [1.807, 2.05) is 0 Å². The molecule has 0 saturated heterocycles. The summed E-state index contributed by atoms with van der Waals surface area (Å²) in [6.07, 6.45) is 0. The number of hydrogen-bond donors (Lipinski definition) is 0. The van der Waals surface area contributed by atoms with Gasteiger partial charge in [-0.1, -0.05) is 0 Å². The van der Waals surface area contributed by atoms with E-state index in [2.05, 4.69) is 4.85 Å². The summed E-state index contributed by atoms with van der Waals surface area (Å²) in [5.74, 6) is 0.201. The number of nitro benzene ring substituents is 1. The van der Waals surface area contributed by atoms with Crippen LogP contribution in [0.3, 0.4) is 0 Å². The van der Waals surface area contributed by atoms with Crippen molar-refractivity contribution < 1.29 is 14.4 Å². The van der Waals surface area contributed by atoms with Crippen molar-refractivity contribution in [3.05, 3.63) is 33.7 Å². The van der Waals surface area contributed by atoms with Gasteiger partial charge in [-0.3, -0.25) is 10.1 Å². The fourth-order valence-corrected chi connectivity index (χ4v) is 1.13. The first-order chi connectivity index (χ1) is 7.13. The van der Waals surface area contributed by atoms with E-state index in [1.165, 1.54) is 20.3 Å². The molecule has 0 N–H and O–H groups in total. The van der Waals surface area contributed by atoms with Gasteiger partial charge in [-0.15, -0.1) is 0 Å². The number of hydrogen-bond acceptors (Lipinski definition) is 4. The third kappa shape index (κ3) is 1.96. The molecular weight excluding hydrogens is 200 g/mol. The lowest BCUT2D eigenvalue weighted by atomic mass is 10.2. The number of rotatable bonds is 3. The highest BCUT2D eigenvalue weighted by atomic mass is 16.6. The summed E-state index contributed by atoms with van der Waals surface area (Å²) >= 11 is 0. The summed E-state index contributed by atoms with van der Waals surface area (Å²) in [5, 5.41) is 10.7. The molecule has 1 aromatic rings. The zero-order chi connectivity index (χ0) is 11.4. The van der Waals surface area contributed by atoms with Crippen LogP contribution < -0.4 is 9.47 Å². The first-order valence-corrected chi connectivity index (χ1v) is 3.92. The van der Waals surface area contributed by atoms with E-state index in [1.54, 1.807) is 0 Å². The SMILES string of the molecule is [C-]#[N+]c1cc(OC)c(OC)c([N+](=O)[O-])c1. The molecule has 0 fully saturated rings. The Morgan fingerprint density at radius 2 is 2.07 bits per heavy atom. The van der Waals surface area contributed by atoms with Crippen LogP contribution in [0.2, 0.25) is 0 Å². The molecule has 0 unspecified atom stereocenters. The molecule has 0 spiro atoms. The summed E-state index contributed by atoms with van der Waals surface area (Å²) in [6, 6.07) is 2.53. The Morgan fingerprint density at radius 1 is 1.40 bits per heavy atom. The summed E-state index contributed by atoms with van der Waals surface area (Å²) < 4.78 is 9.76. The van der Waals surface area contributed by atoms with Crippen LogP contribution in [-0.4, -0.2) is 19.1 Å². The second-order valence-electron chi connectivity index (χ2n) is 2.57. The van der Waals surface area contributed by atoms with E-state index < -0.39 is 4.92 Å². The van der Waals surface area contributed by atoms with E-state index in [0.29, 0.717) is 0 Å². The van der Waals surface area contributed by atoms with Gasteiger partial charge in [0.2, 0.25) is 5.75 Å². The van der Waals surface area contributed by atoms with Gasteiger partial charge >= 0.3 is 5.69 Å². The zero-order valence-corrected chi connectivity index (χ0v) is 8.18. The molecule has 1 rings (SSSR count). The van der Waals surface area contributed by atoms with Crippen molar-refractivity contribution in [2.24, 2.45) is 0 Å². The quantitative estimate of drug-likeness (QED) is 0.433. The van der Waals surface area contributed by atoms with Gasteiger partial charge in [-0.25, -0.2) is 4.85 Å². The van der Waals surface area contributed by atoms with E-state index in [4.69, 9.17) is 16.0 Å². The molecule has 0 amide bonds. The second kappa shape index (κ2) is 4.28. The normalized spacial score (nSPS) is 9.13. The predicted molar refractivity (Wildman–Crippen MR) is 52.5 cm³/mol. The molecule has 0 heterocycles. The van der Waals surface area contributed by atoms with Gasteiger partial charge in [0.05, 0.1) is 25.7 Å². The highest BCUT2D eigenvalue weighted by Gasteiger charge is 2.20. The summed E-state index contributed by atoms with van der Waals surface area (Å²) in [4.78, 5) is 13.2. The lowest BCUT2D eigenvalue weighted by Gasteiger charge is -2.07. The molecule has 0 aliphatic carbocycles. The third-order valence-electron chi connectivity index (χ3n) is 1.77. The van der Waals surface area contributed by atoms with Crippen molar-refractivity contribution in [2.75, 3.05) is 14.2 Å². The third-order valence-corrected chi connectivity index (χ3v) is 1.77. The summed E-state index contributed by atoms with van der Waals surface area (Å²) in [6.45, 7) is 6.79. The van der Waals surface area contributed by atoms with Crippen LogP contribution in [0.25, 0.3) is 4.85 Å². The van der Waals surface area contributed by atoms with Gasteiger partial charge in [0.25, 0.3) is 0 Å². The van der Waals surface area contributed by atoms with Gasteiger partial charge < -0.3 is 9.47 Å². The largest absolute Gasteiger partial charge is 0.494 e. The fourth-order valence-electron chi connectivity index (χ4n) is 1.13. The van der Waals surface area contributed by atoms with Gasteiger partial charge in [0.15, 0.2) is 11.4 Å². The van der Waals surface area contributed by atoms with Crippen LogP contribution in [-0.2, 0) is 0 Å². The smallest absolute Gasteiger partial charge is 0.304 e. The van der Waals surface area contributed by atoms with Crippen molar-refractivity contribution in [3.8, 4) is 11.5 Å². The van der Waals surface area contributed by atoms with Crippen LogP contribution >= 0.6 is 0 Å². The first-order valence-electron chi connectivity index (χ1n) is 3.92. The molecule has 6 heteroatoms. The zero-order valence-electron chi connectivity index (χ0n) is 8.18. The first kappa shape index (κ1) is 10.8. The molecular formula is C9H8N2O4. The molecule has 0 radical (unpaired) electrons. The van der Waals surface area contributed by atoms with Crippen molar-refractivity contribution in [3.63, 3.8) is 0 Å². The van der Waals surface area contributed by atoms with E-state index in [0.717, 1.165) is 6.07 Å². The number of nitro groups is 1. The highest BCUT2D eigenvalue weighted by Crippen LogP contribution is 2.40. The Labute approximate surface area is 86.0 Å². The Balaban J connectivity index is 3.47. The minimum Gasteiger partial charge on any atom is -0.494 e. The topological polar surface area (TPSA) is 66.0 Å². The summed E-state index contributed by atoms with van der Waals surface area (Å²) in [5.41, 5.74) is -0.137. The van der Waals surface area contributed by atoms with Gasteiger partial charge in [0.1, 0.15) is 0 Å². The predicted octanol–water partition coefficient (Wildman–Crippen LogP) is 2.16. The lowest BCUT2D eigenvalue weighted by molar-refractivity contribution is -0.385. The Bertz CT molecular complexity index is 436. The standard InChI is InChI=1S/C9H8N2O4/c1-10-6-4-7(11(12)13)9(15-3)8(5-6)14-2/h4-5H,2-3H3. The minimum atomic E-state index is -0.615. The van der Waals surface area contributed by atoms with Crippen LogP contribution in [0.5, 0.6) is 11.5 Å². The van der Waals surface area contributed by atoms with Gasteiger partial charge in [-0.2, -0.15) is 0 Å². The number of methoxy groups -OCH3 is 2. The maximum absolute atomic E-state index is 10.7. The van der Waals surface area contributed by atoms with Crippen LogP contribution in [0.15, 0.2) is 12.1 Å². The minimum absolute atomic E-state index is 0.0231. The van der Waals surface area contributed by atoms with Crippen LogP contribution in [0.4, 0.5) is 11.4 Å². The Hall–Kier alpha value is -2.29. The summed E-state index contributed by atoms with van der Waals surface area (Å²) in [7, 11) is 2.66. The van der Waals surface area contributed by atoms with Crippen molar-refractivity contribution in [1.82, 2.24) is 0 Å². The molecule has 0 aromatic heterocycles. The molecule has 0 saturated carbocycles. The number of benzene rings is 1. The molecule has 15 heavy (non-hydrogen) atoms. The molecule has 0 bridgehead atoms. The maximum atomic E-state index is 10.7. The molecule has 0 atom stereocenters.